The molecule has 2 amide bonds. The minimum atomic E-state index is -0.373. The average molecular weight is 430 g/mol. The van der Waals surface area contributed by atoms with Crippen molar-refractivity contribution in [3.05, 3.63) is 35.9 Å². The van der Waals surface area contributed by atoms with Gasteiger partial charge in [-0.3, -0.25) is 4.79 Å². The Kier molecular flexibility index (Phi) is 8.76. The molecular formula is C25H39N3O3. The van der Waals surface area contributed by atoms with Crippen LogP contribution in [0.25, 0.3) is 0 Å². The monoisotopic (exact) mass is 429 g/mol. The molecule has 6 nitrogen and oxygen atoms in total. The zero-order valence-corrected chi connectivity index (χ0v) is 19.4. The number of carbonyl (C=O) groups excluding carboxylic acids is 2. The minimum absolute atomic E-state index is 0.0863. The summed E-state index contributed by atoms with van der Waals surface area (Å²) in [4.78, 5) is 29.6. The van der Waals surface area contributed by atoms with Gasteiger partial charge in [0.2, 0.25) is 0 Å². The largest absolute Gasteiger partial charge is 0.466 e. The van der Waals surface area contributed by atoms with Crippen molar-refractivity contribution in [2.45, 2.75) is 52.5 Å². The van der Waals surface area contributed by atoms with Gasteiger partial charge in [0.05, 0.1) is 19.1 Å². The van der Waals surface area contributed by atoms with Crippen LogP contribution in [-0.4, -0.2) is 61.1 Å². The van der Waals surface area contributed by atoms with Crippen LogP contribution in [0.2, 0.25) is 0 Å². The molecule has 0 unspecified atom stereocenters. The van der Waals surface area contributed by atoms with E-state index in [9.17, 15) is 9.59 Å². The van der Waals surface area contributed by atoms with Crippen LogP contribution in [0.3, 0.4) is 0 Å². The van der Waals surface area contributed by atoms with Gasteiger partial charge in [0, 0.05) is 32.7 Å². The number of ether oxygens (including phenoxy) is 1. The lowest BCUT2D eigenvalue weighted by molar-refractivity contribution is -0.143. The molecule has 2 aliphatic heterocycles. The fourth-order valence-corrected chi connectivity index (χ4v) is 5.19. The van der Waals surface area contributed by atoms with Crippen molar-refractivity contribution < 1.29 is 14.3 Å². The number of esters is 1. The highest BCUT2D eigenvalue weighted by Gasteiger charge is 2.29. The quantitative estimate of drug-likeness (QED) is 0.664. The SMILES string of the molecule is CCOC(=O)C[C@H](NC(=O)N1CCC(CN2C[C@H](C)C[C@@H](C)C2)CC1)c1ccccc1. The lowest BCUT2D eigenvalue weighted by atomic mass is 9.89. The van der Waals surface area contributed by atoms with E-state index in [1.807, 2.05) is 35.2 Å². The molecule has 1 aromatic rings. The van der Waals surface area contributed by atoms with Gasteiger partial charge in [0.25, 0.3) is 0 Å². The summed E-state index contributed by atoms with van der Waals surface area (Å²) in [6, 6.07) is 9.20. The predicted molar refractivity (Wildman–Crippen MR) is 123 cm³/mol. The molecule has 2 aliphatic rings. The normalized spacial score (nSPS) is 23.9. The Hall–Kier alpha value is -2.08. The number of piperidine rings is 2. The molecule has 1 N–H and O–H groups in total. The molecular weight excluding hydrogens is 390 g/mol. The third-order valence-electron chi connectivity index (χ3n) is 6.54. The number of likely N-dealkylation sites (tertiary alicyclic amines) is 2. The number of hydrogen-bond donors (Lipinski definition) is 1. The summed E-state index contributed by atoms with van der Waals surface area (Å²) in [5.74, 6) is 1.93. The van der Waals surface area contributed by atoms with Crippen molar-refractivity contribution in [3.63, 3.8) is 0 Å². The molecule has 31 heavy (non-hydrogen) atoms. The van der Waals surface area contributed by atoms with Gasteiger partial charge in [0.15, 0.2) is 0 Å². The van der Waals surface area contributed by atoms with E-state index in [4.69, 9.17) is 4.74 Å². The Morgan fingerprint density at radius 2 is 1.74 bits per heavy atom. The lowest BCUT2D eigenvalue weighted by Gasteiger charge is -2.39. The van der Waals surface area contributed by atoms with E-state index in [0.717, 1.165) is 49.9 Å². The number of urea groups is 1. The van der Waals surface area contributed by atoms with Crippen LogP contribution in [0.15, 0.2) is 30.3 Å². The van der Waals surface area contributed by atoms with Crippen LogP contribution in [0.1, 0.15) is 58.1 Å². The molecule has 2 saturated heterocycles. The summed E-state index contributed by atoms with van der Waals surface area (Å²) in [6.07, 6.45) is 3.57. The van der Waals surface area contributed by atoms with Crippen molar-refractivity contribution in [3.8, 4) is 0 Å². The fraction of sp³-hybridized carbons (Fsp3) is 0.680. The molecule has 6 heteroatoms. The summed E-state index contributed by atoms with van der Waals surface area (Å²) in [5.41, 5.74) is 0.923. The van der Waals surface area contributed by atoms with E-state index in [-0.39, 0.29) is 24.5 Å². The molecule has 3 rings (SSSR count). The lowest BCUT2D eigenvalue weighted by Crippen LogP contribution is -2.48. The fourth-order valence-electron chi connectivity index (χ4n) is 5.19. The van der Waals surface area contributed by atoms with E-state index < -0.39 is 0 Å². The Labute approximate surface area is 187 Å². The summed E-state index contributed by atoms with van der Waals surface area (Å²) in [7, 11) is 0. The average Bonchev–Trinajstić information content (AvgIpc) is 2.74. The van der Waals surface area contributed by atoms with E-state index in [1.54, 1.807) is 6.92 Å². The van der Waals surface area contributed by atoms with E-state index in [1.165, 1.54) is 19.5 Å². The summed E-state index contributed by atoms with van der Waals surface area (Å²) in [6.45, 7) is 12.0. The summed E-state index contributed by atoms with van der Waals surface area (Å²) >= 11 is 0. The van der Waals surface area contributed by atoms with Gasteiger partial charge < -0.3 is 19.9 Å². The third-order valence-corrected chi connectivity index (χ3v) is 6.54. The highest BCUT2D eigenvalue weighted by atomic mass is 16.5. The van der Waals surface area contributed by atoms with Crippen molar-refractivity contribution >= 4 is 12.0 Å². The van der Waals surface area contributed by atoms with E-state index in [2.05, 4.69) is 24.1 Å². The second-order valence-electron chi connectivity index (χ2n) is 9.52. The van der Waals surface area contributed by atoms with E-state index >= 15 is 0 Å². The standard InChI is InChI=1S/C25H39N3O3/c1-4-31-24(29)15-23(22-8-6-5-7-9-22)26-25(30)28-12-10-21(11-13-28)18-27-16-19(2)14-20(3)17-27/h5-9,19-21,23H,4,10-18H2,1-3H3,(H,26,30)/t19-,20-,23+/m1/s1. The molecule has 0 saturated carbocycles. The second-order valence-corrected chi connectivity index (χ2v) is 9.52. The van der Waals surface area contributed by atoms with Gasteiger partial charge in [-0.2, -0.15) is 0 Å². The number of carbonyl (C=O) groups is 2. The molecule has 2 heterocycles. The first kappa shape index (κ1) is 23.6. The van der Waals surface area contributed by atoms with Gasteiger partial charge in [-0.25, -0.2) is 4.79 Å². The van der Waals surface area contributed by atoms with Crippen LogP contribution in [0.4, 0.5) is 4.79 Å². The molecule has 0 radical (unpaired) electrons. The molecule has 172 valence electrons. The van der Waals surface area contributed by atoms with Crippen molar-refractivity contribution in [2.75, 3.05) is 39.3 Å². The number of rotatable bonds is 7. The third kappa shape index (κ3) is 7.23. The number of hydrogen-bond acceptors (Lipinski definition) is 4. The first-order chi connectivity index (χ1) is 14.9. The topological polar surface area (TPSA) is 61.9 Å². The summed E-state index contributed by atoms with van der Waals surface area (Å²) in [5, 5.41) is 3.08. The van der Waals surface area contributed by atoms with Crippen LogP contribution in [0, 0.1) is 17.8 Å². The van der Waals surface area contributed by atoms with Crippen LogP contribution in [-0.2, 0) is 9.53 Å². The molecule has 0 spiro atoms. The number of nitrogens with zero attached hydrogens (tertiary/aromatic N) is 2. The van der Waals surface area contributed by atoms with Crippen LogP contribution in [0.5, 0.6) is 0 Å². The van der Waals surface area contributed by atoms with Crippen LogP contribution < -0.4 is 5.32 Å². The first-order valence-electron chi connectivity index (χ1n) is 11.9. The number of benzene rings is 1. The maximum Gasteiger partial charge on any atom is 0.317 e. The zero-order valence-electron chi connectivity index (χ0n) is 19.4. The Bertz CT molecular complexity index is 693. The van der Waals surface area contributed by atoms with Crippen molar-refractivity contribution in [1.82, 2.24) is 15.1 Å². The number of amides is 2. The van der Waals surface area contributed by atoms with Crippen molar-refractivity contribution in [1.29, 1.82) is 0 Å². The smallest absolute Gasteiger partial charge is 0.317 e. The molecule has 0 aromatic heterocycles. The first-order valence-corrected chi connectivity index (χ1v) is 11.9. The molecule has 1 aromatic carbocycles. The molecule has 3 atom stereocenters. The minimum Gasteiger partial charge on any atom is -0.466 e. The molecule has 0 bridgehead atoms. The van der Waals surface area contributed by atoms with Gasteiger partial charge in [-0.1, -0.05) is 44.2 Å². The van der Waals surface area contributed by atoms with Crippen LogP contribution >= 0.6 is 0 Å². The van der Waals surface area contributed by atoms with Gasteiger partial charge in [-0.15, -0.1) is 0 Å². The summed E-state index contributed by atoms with van der Waals surface area (Å²) < 4.78 is 5.11. The van der Waals surface area contributed by atoms with Gasteiger partial charge in [0.1, 0.15) is 0 Å². The Morgan fingerprint density at radius 3 is 2.35 bits per heavy atom. The Morgan fingerprint density at radius 1 is 1.10 bits per heavy atom. The van der Waals surface area contributed by atoms with Gasteiger partial charge >= 0.3 is 12.0 Å². The zero-order chi connectivity index (χ0) is 22.2. The van der Waals surface area contributed by atoms with Gasteiger partial charge in [-0.05, 0) is 49.5 Å². The second kappa shape index (κ2) is 11.5. The Balaban J connectivity index is 1.50. The highest BCUT2D eigenvalue weighted by Crippen LogP contribution is 2.25. The van der Waals surface area contributed by atoms with E-state index in [0.29, 0.717) is 12.5 Å². The van der Waals surface area contributed by atoms with Crippen molar-refractivity contribution in [2.24, 2.45) is 17.8 Å². The predicted octanol–water partition coefficient (Wildman–Crippen LogP) is 4.08. The maximum absolute atomic E-state index is 13.0. The molecule has 0 aliphatic carbocycles. The molecule has 2 fully saturated rings. The highest BCUT2D eigenvalue weighted by molar-refractivity contribution is 5.77. The maximum atomic E-state index is 13.0. The number of nitrogens with one attached hydrogen (secondary N) is 1.